The molecule has 1 aliphatic rings. The molecule has 0 bridgehead atoms. The Labute approximate surface area is 241 Å². The first-order chi connectivity index (χ1) is 18.1. The highest BCUT2D eigenvalue weighted by Gasteiger charge is 2.31. The van der Waals surface area contributed by atoms with Gasteiger partial charge in [-0.25, -0.2) is 0 Å². The van der Waals surface area contributed by atoms with E-state index in [9.17, 15) is 4.79 Å². The maximum Gasteiger partial charge on any atom is 0.223 e. The molecule has 5 rings (SSSR count). The molecule has 0 spiro atoms. The van der Waals surface area contributed by atoms with Crippen LogP contribution in [0.3, 0.4) is 0 Å². The number of carbonyl (C=O) groups excluding carboxylic acids is 1. The van der Waals surface area contributed by atoms with Crippen molar-refractivity contribution in [2.45, 2.75) is 18.4 Å². The van der Waals surface area contributed by atoms with Crippen LogP contribution in [0.5, 0.6) is 0 Å². The van der Waals surface area contributed by atoms with Crippen molar-refractivity contribution >= 4 is 41.5 Å². The SMILES string of the molecule is Cl.O=C(CC(c1ccccc1)c1ccccc1)N1CCN(C(c2ccccc2)c2c(Cl)cccc2Cl)CC1. The largest absolute Gasteiger partial charge is 0.340 e. The molecule has 1 aliphatic heterocycles. The van der Waals surface area contributed by atoms with Crippen molar-refractivity contribution in [3.63, 3.8) is 0 Å². The number of piperazine rings is 1. The smallest absolute Gasteiger partial charge is 0.223 e. The molecule has 38 heavy (non-hydrogen) atoms. The molecule has 6 heteroatoms. The molecule has 1 atom stereocenters. The maximum absolute atomic E-state index is 13.5. The fourth-order valence-corrected chi connectivity index (χ4v) is 5.90. The Morgan fingerprint density at radius 1 is 0.632 bits per heavy atom. The summed E-state index contributed by atoms with van der Waals surface area (Å²) in [5.74, 6) is 0.219. The highest BCUT2D eigenvalue weighted by atomic mass is 35.5. The predicted molar refractivity (Wildman–Crippen MR) is 159 cm³/mol. The zero-order chi connectivity index (χ0) is 25.6. The number of amides is 1. The van der Waals surface area contributed by atoms with Gasteiger partial charge >= 0.3 is 0 Å². The number of rotatable bonds is 7. The van der Waals surface area contributed by atoms with Crippen LogP contribution in [0.1, 0.15) is 40.6 Å². The van der Waals surface area contributed by atoms with Crippen LogP contribution in [-0.4, -0.2) is 41.9 Å². The Morgan fingerprint density at radius 2 is 1.08 bits per heavy atom. The van der Waals surface area contributed by atoms with Crippen molar-refractivity contribution in [2.24, 2.45) is 0 Å². The van der Waals surface area contributed by atoms with Crippen LogP contribution in [0.25, 0.3) is 0 Å². The summed E-state index contributed by atoms with van der Waals surface area (Å²) in [6.45, 7) is 2.82. The van der Waals surface area contributed by atoms with Gasteiger partial charge in [-0.15, -0.1) is 12.4 Å². The molecule has 4 aromatic carbocycles. The minimum absolute atomic E-state index is 0. The molecule has 0 radical (unpaired) electrons. The first-order valence-electron chi connectivity index (χ1n) is 12.7. The molecule has 0 aliphatic carbocycles. The monoisotopic (exact) mass is 564 g/mol. The molecule has 1 unspecified atom stereocenters. The van der Waals surface area contributed by atoms with E-state index in [1.54, 1.807) is 0 Å². The van der Waals surface area contributed by atoms with Gasteiger partial charge in [-0.05, 0) is 28.8 Å². The molecule has 196 valence electrons. The van der Waals surface area contributed by atoms with E-state index in [0.717, 1.165) is 35.3 Å². The van der Waals surface area contributed by atoms with E-state index in [1.165, 1.54) is 0 Å². The maximum atomic E-state index is 13.5. The summed E-state index contributed by atoms with van der Waals surface area (Å²) in [6.07, 6.45) is 0.451. The summed E-state index contributed by atoms with van der Waals surface area (Å²) in [5.41, 5.74) is 4.40. The Bertz CT molecular complexity index is 1250. The van der Waals surface area contributed by atoms with E-state index in [-0.39, 0.29) is 30.3 Å². The van der Waals surface area contributed by atoms with Crippen molar-refractivity contribution in [1.82, 2.24) is 9.80 Å². The number of nitrogens with zero attached hydrogens (tertiary/aromatic N) is 2. The topological polar surface area (TPSA) is 23.6 Å². The Morgan fingerprint density at radius 3 is 1.55 bits per heavy atom. The van der Waals surface area contributed by atoms with Crippen molar-refractivity contribution < 1.29 is 4.79 Å². The van der Waals surface area contributed by atoms with Gasteiger partial charge in [0, 0.05) is 54.1 Å². The van der Waals surface area contributed by atoms with E-state index in [0.29, 0.717) is 29.6 Å². The van der Waals surface area contributed by atoms with Crippen molar-refractivity contribution in [3.05, 3.63) is 141 Å². The number of benzene rings is 4. The lowest BCUT2D eigenvalue weighted by Gasteiger charge is -2.40. The third kappa shape index (κ3) is 6.42. The minimum atomic E-state index is -0.0685. The number of hydrogen-bond acceptors (Lipinski definition) is 2. The summed E-state index contributed by atoms with van der Waals surface area (Å²) in [4.78, 5) is 17.9. The molecule has 3 nitrogen and oxygen atoms in total. The molecule has 0 saturated carbocycles. The van der Waals surface area contributed by atoms with E-state index >= 15 is 0 Å². The second-order valence-corrected chi connectivity index (χ2v) is 10.3. The van der Waals surface area contributed by atoms with Gasteiger partial charge in [-0.2, -0.15) is 0 Å². The normalized spacial score (nSPS) is 14.7. The molecule has 4 aromatic rings. The Hall–Kier alpha value is -2.82. The van der Waals surface area contributed by atoms with Gasteiger partial charge in [0.25, 0.3) is 0 Å². The van der Waals surface area contributed by atoms with Crippen LogP contribution in [0.4, 0.5) is 0 Å². The average Bonchev–Trinajstić information content (AvgIpc) is 2.95. The van der Waals surface area contributed by atoms with Gasteiger partial charge < -0.3 is 4.90 Å². The van der Waals surface area contributed by atoms with Gasteiger partial charge in [-0.1, -0.05) is 120 Å². The Kier molecular flexibility index (Phi) is 9.87. The summed E-state index contributed by atoms with van der Waals surface area (Å²) in [5, 5.41) is 1.32. The van der Waals surface area contributed by atoms with E-state index in [4.69, 9.17) is 23.2 Å². The van der Waals surface area contributed by atoms with Gasteiger partial charge in [0.2, 0.25) is 5.91 Å². The first-order valence-corrected chi connectivity index (χ1v) is 13.5. The summed E-state index contributed by atoms with van der Waals surface area (Å²) >= 11 is 13.3. The summed E-state index contributed by atoms with van der Waals surface area (Å²) in [7, 11) is 0. The zero-order valence-corrected chi connectivity index (χ0v) is 23.4. The molecule has 0 N–H and O–H groups in total. The predicted octanol–water partition coefficient (Wildman–Crippen LogP) is 7.87. The average molecular weight is 566 g/mol. The molecule has 1 saturated heterocycles. The molecular formula is C32H31Cl3N2O. The minimum Gasteiger partial charge on any atom is -0.340 e. The van der Waals surface area contributed by atoms with Crippen molar-refractivity contribution in [1.29, 1.82) is 0 Å². The second kappa shape index (κ2) is 13.3. The van der Waals surface area contributed by atoms with Gasteiger partial charge in [0.1, 0.15) is 0 Å². The van der Waals surface area contributed by atoms with Crippen molar-refractivity contribution in [3.8, 4) is 0 Å². The van der Waals surface area contributed by atoms with Crippen LogP contribution in [0, 0.1) is 0 Å². The van der Waals surface area contributed by atoms with Crippen LogP contribution in [0.2, 0.25) is 10.0 Å². The van der Waals surface area contributed by atoms with Gasteiger partial charge in [0.15, 0.2) is 0 Å². The lowest BCUT2D eigenvalue weighted by molar-refractivity contribution is -0.133. The molecule has 0 aromatic heterocycles. The highest BCUT2D eigenvalue weighted by molar-refractivity contribution is 6.36. The Balaban J connectivity index is 0.00000336. The van der Waals surface area contributed by atoms with Gasteiger partial charge in [0.05, 0.1) is 6.04 Å². The van der Waals surface area contributed by atoms with Crippen LogP contribution < -0.4 is 0 Å². The zero-order valence-electron chi connectivity index (χ0n) is 21.0. The quantitative estimate of drug-likeness (QED) is 0.228. The highest BCUT2D eigenvalue weighted by Crippen LogP contribution is 2.38. The number of hydrogen-bond donors (Lipinski definition) is 0. The number of halogens is 3. The molecule has 1 fully saturated rings. The fourth-order valence-electron chi connectivity index (χ4n) is 5.30. The summed E-state index contributed by atoms with van der Waals surface area (Å²) < 4.78 is 0. The summed E-state index contributed by atoms with van der Waals surface area (Å²) in [6, 6.07) is 36.6. The van der Waals surface area contributed by atoms with Crippen LogP contribution >= 0.6 is 35.6 Å². The lowest BCUT2D eigenvalue weighted by Crippen LogP contribution is -2.50. The van der Waals surface area contributed by atoms with Crippen LogP contribution in [-0.2, 0) is 4.79 Å². The second-order valence-electron chi connectivity index (χ2n) is 9.44. The van der Waals surface area contributed by atoms with Crippen LogP contribution in [0.15, 0.2) is 109 Å². The fraction of sp³-hybridized carbons (Fsp3) is 0.219. The standard InChI is InChI=1S/C32H30Cl2N2O.ClH/c33-28-17-10-18-29(34)31(28)32(26-15-8-3-9-16-26)36-21-19-35(20-22-36)30(37)23-27(24-11-4-1-5-12-24)25-13-6-2-7-14-25;/h1-18,27,32H,19-23H2;1H. The van der Waals surface area contributed by atoms with E-state index in [2.05, 4.69) is 41.3 Å². The molecule has 1 amide bonds. The molecular weight excluding hydrogens is 535 g/mol. The molecule has 1 heterocycles. The van der Waals surface area contributed by atoms with E-state index in [1.807, 2.05) is 77.7 Å². The first kappa shape index (κ1) is 28.2. The third-order valence-electron chi connectivity index (χ3n) is 7.20. The van der Waals surface area contributed by atoms with Gasteiger partial charge in [-0.3, -0.25) is 9.69 Å². The van der Waals surface area contributed by atoms with E-state index < -0.39 is 0 Å². The van der Waals surface area contributed by atoms with Crippen molar-refractivity contribution in [2.75, 3.05) is 26.2 Å². The number of carbonyl (C=O) groups is 1. The third-order valence-corrected chi connectivity index (χ3v) is 7.86. The lowest BCUT2D eigenvalue weighted by atomic mass is 9.88.